The molecule has 1 aromatic carbocycles. The molecule has 90 valence electrons. The van der Waals surface area contributed by atoms with Gasteiger partial charge in [0, 0.05) is 17.6 Å². The largest absolute Gasteiger partial charge is 0.390 e. The van der Waals surface area contributed by atoms with Crippen LogP contribution in [0.5, 0.6) is 0 Å². The number of hydrogen-bond acceptors (Lipinski definition) is 2. The quantitative estimate of drug-likeness (QED) is 0.875. The van der Waals surface area contributed by atoms with Gasteiger partial charge in [0.2, 0.25) is 0 Å². The average Bonchev–Trinajstić information content (AvgIpc) is 2.26. The minimum atomic E-state index is -4.25. The van der Waals surface area contributed by atoms with Crippen molar-refractivity contribution in [1.29, 1.82) is 0 Å². The summed E-state index contributed by atoms with van der Waals surface area (Å²) in [5.74, 6) is 0. The fourth-order valence-electron chi connectivity index (χ4n) is 1.69. The van der Waals surface area contributed by atoms with E-state index in [9.17, 15) is 13.2 Å². The van der Waals surface area contributed by atoms with Crippen molar-refractivity contribution in [2.24, 2.45) is 5.73 Å². The van der Waals surface area contributed by atoms with E-state index in [1.165, 1.54) is 0 Å². The molecule has 1 atom stereocenters. The van der Waals surface area contributed by atoms with Crippen molar-refractivity contribution in [2.45, 2.75) is 18.6 Å². The predicted octanol–water partition coefficient (Wildman–Crippen LogP) is 3.19. The molecule has 1 heterocycles. The lowest BCUT2D eigenvalue weighted by molar-refractivity contribution is -0.138. The molecule has 0 aliphatic rings. The van der Waals surface area contributed by atoms with E-state index >= 15 is 0 Å². The number of aromatic nitrogens is 1. The van der Waals surface area contributed by atoms with E-state index in [0.717, 1.165) is 10.9 Å². The van der Waals surface area contributed by atoms with Crippen molar-refractivity contribution in [2.75, 3.05) is 0 Å². The van der Waals surface area contributed by atoms with Gasteiger partial charge in [-0.05, 0) is 23.8 Å². The van der Waals surface area contributed by atoms with Crippen LogP contribution in [0.15, 0.2) is 36.5 Å². The SMILES string of the molecule is NC(CC(F)(F)F)c1ccc2ncccc2c1. The number of nitrogens with zero attached hydrogens (tertiary/aromatic N) is 1. The maximum Gasteiger partial charge on any atom is 0.390 e. The molecule has 17 heavy (non-hydrogen) atoms. The molecule has 2 aromatic rings. The second-order valence-electron chi connectivity index (χ2n) is 3.88. The Morgan fingerprint density at radius 1 is 1.24 bits per heavy atom. The first kappa shape index (κ1) is 11.9. The molecule has 0 aliphatic heterocycles. The van der Waals surface area contributed by atoms with Gasteiger partial charge < -0.3 is 5.73 Å². The van der Waals surface area contributed by atoms with Crippen molar-refractivity contribution in [3.05, 3.63) is 42.1 Å². The number of hydrogen-bond donors (Lipinski definition) is 1. The number of halogens is 3. The highest BCUT2D eigenvalue weighted by molar-refractivity contribution is 5.79. The minimum absolute atomic E-state index is 0.475. The summed E-state index contributed by atoms with van der Waals surface area (Å²) >= 11 is 0. The van der Waals surface area contributed by atoms with Gasteiger partial charge in [-0.1, -0.05) is 12.1 Å². The van der Waals surface area contributed by atoms with Crippen LogP contribution in [0.2, 0.25) is 0 Å². The monoisotopic (exact) mass is 240 g/mol. The molecule has 0 radical (unpaired) electrons. The number of fused-ring (bicyclic) bond motifs is 1. The van der Waals surface area contributed by atoms with Gasteiger partial charge in [-0.25, -0.2) is 0 Å². The zero-order chi connectivity index (χ0) is 12.5. The summed E-state index contributed by atoms with van der Waals surface area (Å²) in [6, 6.07) is 7.43. The van der Waals surface area contributed by atoms with Gasteiger partial charge in [-0.3, -0.25) is 4.98 Å². The molecular weight excluding hydrogens is 229 g/mol. The van der Waals surface area contributed by atoms with Crippen molar-refractivity contribution < 1.29 is 13.2 Å². The number of nitrogens with two attached hydrogens (primary N) is 1. The Kier molecular flexibility index (Phi) is 3.02. The lowest BCUT2D eigenvalue weighted by Gasteiger charge is -2.14. The Morgan fingerprint density at radius 2 is 2.00 bits per heavy atom. The first-order valence-electron chi connectivity index (χ1n) is 5.13. The van der Waals surface area contributed by atoms with Crippen LogP contribution in [0.4, 0.5) is 13.2 Å². The molecule has 2 nitrogen and oxygen atoms in total. The maximum absolute atomic E-state index is 12.2. The average molecular weight is 240 g/mol. The van der Waals surface area contributed by atoms with Gasteiger partial charge >= 0.3 is 6.18 Å². The van der Waals surface area contributed by atoms with Gasteiger partial charge in [0.05, 0.1) is 11.9 Å². The lowest BCUT2D eigenvalue weighted by atomic mass is 10.0. The van der Waals surface area contributed by atoms with Gasteiger partial charge in [0.15, 0.2) is 0 Å². The van der Waals surface area contributed by atoms with E-state index in [4.69, 9.17) is 5.73 Å². The topological polar surface area (TPSA) is 38.9 Å². The molecule has 5 heteroatoms. The number of rotatable bonds is 2. The van der Waals surface area contributed by atoms with E-state index in [0.29, 0.717) is 5.56 Å². The normalized spacial score (nSPS) is 13.9. The third-order valence-corrected chi connectivity index (χ3v) is 2.51. The maximum atomic E-state index is 12.2. The summed E-state index contributed by atoms with van der Waals surface area (Å²) in [7, 11) is 0. The molecule has 0 aliphatic carbocycles. The summed E-state index contributed by atoms with van der Waals surface area (Å²) in [5.41, 5.74) is 6.75. The molecule has 2 N–H and O–H groups in total. The summed E-state index contributed by atoms with van der Waals surface area (Å²) in [6.07, 6.45) is -3.63. The molecule has 0 amide bonds. The van der Waals surface area contributed by atoms with Crippen LogP contribution in [0.1, 0.15) is 18.0 Å². The first-order chi connectivity index (χ1) is 7.96. The van der Waals surface area contributed by atoms with Gasteiger partial charge in [-0.2, -0.15) is 13.2 Å². The van der Waals surface area contributed by atoms with Gasteiger partial charge in [-0.15, -0.1) is 0 Å². The molecule has 0 saturated carbocycles. The molecule has 0 spiro atoms. The third-order valence-electron chi connectivity index (χ3n) is 2.51. The Labute approximate surface area is 96.3 Å². The second-order valence-corrected chi connectivity index (χ2v) is 3.88. The Hall–Kier alpha value is -1.62. The van der Waals surface area contributed by atoms with E-state index in [1.54, 1.807) is 36.5 Å². The van der Waals surface area contributed by atoms with Crippen molar-refractivity contribution in [3.8, 4) is 0 Å². The Balaban J connectivity index is 2.30. The predicted molar refractivity (Wildman–Crippen MR) is 59.3 cm³/mol. The Morgan fingerprint density at radius 3 is 2.71 bits per heavy atom. The molecule has 2 rings (SSSR count). The summed E-state index contributed by atoms with van der Waals surface area (Å²) < 4.78 is 36.6. The standard InChI is InChI=1S/C12H11F3N2/c13-12(14,15)7-10(16)8-3-4-11-9(6-8)2-1-5-17-11/h1-6,10H,7,16H2. The molecule has 0 bridgehead atoms. The van der Waals surface area contributed by atoms with Gasteiger partial charge in [0.1, 0.15) is 0 Å². The molecule has 0 fully saturated rings. The highest BCUT2D eigenvalue weighted by Crippen LogP contribution is 2.28. The second kappa shape index (κ2) is 4.33. The summed E-state index contributed by atoms with van der Waals surface area (Å²) in [5, 5.41) is 0.794. The molecule has 1 unspecified atom stereocenters. The number of pyridine rings is 1. The van der Waals surface area contributed by atoms with Crippen LogP contribution in [-0.4, -0.2) is 11.2 Å². The van der Waals surface area contributed by atoms with E-state index < -0.39 is 18.6 Å². The molecular formula is C12H11F3N2. The van der Waals surface area contributed by atoms with E-state index in [2.05, 4.69) is 4.98 Å². The fraction of sp³-hybridized carbons (Fsp3) is 0.250. The van der Waals surface area contributed by atoms with Crippen LogP contribution < -0.4 is 5.73 Å². The Bertz CT molecular complexity index is 522. The van der Waals surface area contributed by atoms with Crippen LogP contribution >= 0.6 is 0 Å². The van der Waals surface area contributed by atoms with Crippen LogP contribution in [0.3, 0.4) is 0 Å². The highest BCUT2D eigenvalue weighted by atomic mass is 19.4. The summed E-state index contributed by atoms with van der Waals surface area (Å²) in [4.78, 5) is 4.09. The minimum Gasteiger partial charge on any atom is -0.324 e. The number of alkyl halides is 3. The van der Waals surface area contributed by atoms with Crippen molar-refractivity contribution >= 4 is 10.9 Å². The zero-order valence-electron chi connectivity index (χ0n) is 8.91. The molecule has 1 aromatic heterocycles. The first-order valence-corrected chi connectivity index (χ1v) is 5.13. The molecule has 0 saturated heterocycles. The van der Waals surface area contributed by atoms with Crippen LogP contribution in [0, 0.1) is 0 Å². The fourth-order valence-corrected chi connectivity index (χ4v) is 1.69. The van der Waals surface area contributed by atoms with Crippen LogP contribution in [0.25, 0.3) is 10.9 Å². The summed E-state index contributed by atoms with van der Waals surface area (Å²) in [6.45, 7) is 0. The van der Waals surface area contributed by atoms with Gasteiger partial charge in [0.25, 0.3) is 0 Å². The third kappa shape index (κ3) is 2.94. The van der Waals surface area contributed by atoms with Crippen LogP contribution in [-0.2, 0) is 0 Å². The van der Waals surface area contributed by atoms with E-state index in [-0.39, 0.29) is 0 Å². The van der Waals surface area contributed by atoms with Crippen molar-refractivity contribution in [1.82, 2.24) is 4.98 Å². The lowest BCUT2D eigenvalue weighted by Crippen LogP contribution is -2.20. The van der Waals surface area contributed by atoms with E-state index in [1.807, 2.05) is 0 Å². The number of benzene rings is 1. The zero-order valence-corrected chi connectivity index (χ0v) is 8.91. The highest BCUT2D eigenvalue weighted by Gasteiger charge is 2.30. The smallest absolute Gasteiger partial charge is 0.324 e. The van der Waals surface area contributed by atoms with Crippen molar-refractivity contribution in [3.63, 3.8) is 0 Å².